The van der Waals surface area contributed by atoms with Crippen molar-refractivity contribution in [3.8, 4) is 0 Å². The molecule has 1 atom stereocenters. The van der Waals surface area contributed by atoms with Crippen molar-refractivity contribution in [2.45, 2.75) is 57.6 Å². The van der Waals surface area contributed by atoms with E-state index < -0.39 is 11.4 Å². The van der Waals surface area contributed by atoms with Crippen molar-refractivity contribution in [1.29, 1.82) is 0 Å². The van der Waals surface area contributed by atoms with Crippen LogP contribution < -0.4 is 4.90 Å². The minimum Gasteiger partial charge on any atom is -0.444 e. The van der Waals surface area contributed by atoms with Crippen molar-refractivity contribution in [1.82, 2.24) is 14.9 Å². The molecule has 31 heavy (non-hydrogen) atoms. The Morgan fingerprint density at radius 2 is 1.90 bits per heavy atom. The molecule has 1 amide bonds. The van der Waals surface area contributed by atoms with Crippen LogP contribution >= 0.6 is 39.1 Å². The standard InChI is InChI=1S/C21H24BrCl2FN4O2/c1-20(2,3)31-19(30)29-9-5-7-21(29)6-4-8-28(11-21)17-12-10-13(23)14(22)15(25)16(12)26-18(24)27-17/h10H,4-9,11H2,1-3H3. The van der Waals surface area contributed by atoms with E-state index in [1.54, 1.807) is 6.07 Å². The van der Waals surface area contributed by atoms with Gasteiger partial charge in [-0.15, -0.1) is 0 Å². The highest BCUT2D eigenvalue weighted by Crippen LogP contribution is 2.42. The van der Waals surface area contributed by atoms with Crippen LogP contribution in [0.4, 0.5) is 15.0 Å². The van der Waals surface area contributed by atoms with Gasteiger partial charge >= 0.3 is 6.09 Å². The van der Waals surface area contributed by atoms with Crippen molar-refractivity contribution < 1.29 is 13.9 Å². The predicted molar refractivity (Wildman–Crippen MR) is 124 cm³/mol. The van der Waals surface area contributed by atoms with E-state index in [4.69, 9.17) is 27.9 Å². The first-order valence-electron chi connectivity index (χ1n) is 10.3. The molecule has 0 radical (unpaired) electrons. The summed E-state index contributed by atoms with van der Waals surface area (Å²) in [7, 11) is 0. The third-order valence-corrected chi connectivity index (χ3v) is 7.32. The number of hydrogen-bond donors (Lipinski definition) is 0. The van der Waals surface area contributed by atoms with Gasteiger partial charge in [0.15, 0.2) is 5.82 Å². The molecule has 2 aromatic rings. The van der Waals surface area contributed by atoms with Crippen LogP contribution in [0.2, 0.25) is 10.3 Å². The van der Waals surface area contributed by atoms with Gasteiger partial charge in [-0.2, -0.15) is 4.98 Å². The van der Waals surface area contributed by atoms with E-state index in [2.05, 4.69) is 30.8 Å². The average Bonchev–Trinajstić information content (AvgIpc) is 3.08. The highest BCUT2D eigenvalue weighted by Gasteiger charge is 2.48. The molecule has 1 aromatic carbocycles. The zero-order valence-corrected chi connectivity index (χ0v) is 20.7. The number of carbonyl (C=O) groups excluding carboxylic acids is 1. The summed E-state index contributed by atoms with van der Waals surface area (Å²) in [6, 6.07) is 1.65. The number of anilines is 1. The lowest BCUT2D eigenvalue weighted by Crippen LogP contribution is -2.58. The summed E-state index contributed by atoms with van der Waals surface area (Å²) in [5.74, 6) is -0.0468. The molecular formula is C21H24BrCl2FN4O2. The monoisotopic (exact) mass is 532 g/mol. The van der Waals surface area contributed by atoms with Crippen LogP contribution in [-0.4, -0.2) is 51.7 Å². The fourth-order valence-corrected chi connectivity index (χ4v) is 5.29. The number of rotatable bonds is 1. The molecule has 0 N–H and O–H groups in total. The molecule has 168 valence electrons. The maximum atomic E-state index is 14.8. The number of ether oxygens (including phenoxy) is 1. The number of benzene rings is 1. The van der Waals surface area contributed by atoms with Gasteiger partial charge in [-0.1, -0.05) is 11.6 Å². The maximum absolute atomic E-state index is 14.8. The molecule has 1 aromatic heterocycles. The molecule has 2 aliphatic heterocycles. The minimum absolute atomic E-state index is 0.0364. The van der Waals surface area contributed by atoms with Gasteiger partial charge in [0.25, 0.3) is 0 Å². The van der Waals surface area contributed by atoms with Crippen molar-refractivity contribution in [2.75, 3.05) is 24.5 Å². The number of likely N-dealkylation sites (tertiary alicyclic amines) is 1. The smallest absolute Gasteiger partial charge is 0.410 e. The van der Waals surface area contributed by atoms with E-state index in [0.29, 0.717) is 30.8 Å². The number of halogens is 4. The summed E-state index contributed by atoms with van der Waals surface area (Å²) in [5.41, 5.74) is -0.809. The molecule has 0 saturated carbocycles. The predicted octanol–water partition coefficient (Wildman–Crippen LogP) is 6.21. The quantitative estimate of drug-likeness (QED) is 0.322. The van der Waals surface area contributed by atoms with Crippen LogP contribution in [0.15, 0.2) is 10.5 Å². The zero-order valence-electron chi connectivity index (χ0n) is 17.6. The molecular weight excluding hydrogens is 510 g/mol. The second-order valence-electron chi connectivity index (χ2n) is 9.18. The number of fused-ring (bicyclic) bond motifs is 1. The first kappa shape index (κ1) is 22.8. The Morgan fingerprint density at radius 3 is 2.58 bits per heavy atom. The Bertz CT molecular complexity index is 1050. The minimum atomic E-state index is -0.573. The summed E-state index contributed by atoms with van der Waals surface area (Å²) in [6.07, 6.45) is 3.22. The summed E-state index contributed by atoms with van der Waals surface area (Å²) in [5, 5.41) is 0.694. The van der Waals surface area contributed by atoms with Gasteiger partial charge in [0.05, 0.1) is 15.0 Å². The van der Waals surface area contributed by atoms with Crippen molar-refractivity contribution in [2.24, 2.45) is 0 Å². The van der Waals surface area contributed by atoms with Gasteiger partial charge in [0.1, 0.15) is 16.9 Å². The molecule has 1 spiro atoms. The van der Waals surface area contributed by atoms with E-state index in [1.807, 2.05) is 25.7 Å². The number of aromatic nitrogens is 2. The molecule has 0 aliphatic carbocycles. The first-order valence-corrected chi connectivity index (χ1v) is 11.8. The number of piperidine rings is 1. The summed E-state index contributed by atoms with van der Waals surface area (Å²) < 4.78 is 20.7. The molecule has 10 heteroatoms. The lowest BCUT2D eigenvalue weighted by molar-refractivity contribution is 0.00520. The molecule has 2 fully saturated rings. The summed E-state index contributed by atoms with van der Waals surface area (Å²) in [6.45, 7) is 7.53. The largest absolute Gasteiger partial charge is 0.444 e. The van der Waals surface area contributed by atoms with E-state index in [1.165, 1.54) is 0 Å². The highest BCUT2D eigenvalue weighted by molar-refractivity contribution is 9.10. The van der Waals surface area contributed by atoms with Gasteiger partial charge in [-0.05, 0) is 80.1 Å². The Kier molecular flexibility index (Phi) is 6.03. The molecule has 2 saturated heterocycles. The van der Waals surface area contributed by atoms with Crippen LogP contribution in [0.3, 0.4) is 0 Å². The lowest BCUT2D eigenvalue weighted by atomic mass is 9.86. The number of hydrogen-bond acceptors (Lipinski definition) is 5. The molecule has 3 heterocycles. The SMILES string of the molecule is CC(C)(C)OC(=O)N1CCCC12CCCN(c1nc(Cl)nc3c(F)c(Br)c(Cl)cc13)C2. The van der Waals surface area contributed by atoms with Gasteiger partial charge in [0.2, 0.25) is 5.28 Å². The third-order valence-electron chi connectivity index (χ3n) is 5.84. The third kappa shape index (κ3) is 4.31. The molecule has 2 aliphatic rings. The van der Waals surface area contributed by atoms with Crippen molar-refractivity contribution in [3.63, 3.8) is 0 Å². The molecule has 6 nitrogen and oxygen atoms in total. The molecule has 4 rings (SSSR count). The number of nitrogens with zero attached hydrogens (tertiary/aromatic N) is 4. The normalized spacial score (nSPS) is 21.9. The zero-order chi connectivity index (χ0) is 22.6. The van der Waals surface area contributed by atoms with Crippen molar-refractivity contribution >= 4 is 61.9 Å². The van der Waals surface area contributed by atoms with Crippen LogP contribution in [-0.2, 0) is 4.74 Å². The average molecular weight is 534 g/mol. The van der Waals surface area contributed by atoms with E-state index in [0.717, 1.165) is 25.7 Å². The van der Waals surface area contributed by atoms with Crippen LogP contribution in [0.1, 0.15) is 46.5 Å². The summed E-state index contributed by atoms with van der Waals surface area (Å²) in [4.78, 5) is 25.4. The van der Waals surface area contributed by atoms with Crippen LogP contribution in [0.5, 0.6) is 0 Å². The highest BCUT2D eigenvalue weighted by atomic mass is 79.9. The van der Waals surface area contributed by atoms with Crippen molar-refractivity contribution in [3.05, 3.63) is 26.7 Å². The molecule has 1 unspecified atom stereocenters. The van der Waals surface area contributed by atoms with E-state index in [-0.39, 0.29) is 31.9 Å². The molecule has 0 bridgehead atoms. The van der Waals surface area contributed by atoms with Gasteiger partial charge in [-0.25, -0.2) is 14.2 Å². The number of amides is 1. The second kappa shape index (κ2) is 8.19. The van der Waals surface area contributed by atoms with Gasteiger partial charge in [-0.3, -0.25) is 0 Å². The fourth-order valence-electron chi connectivity index (χ4n) is 4.63. The Balaban J connectivity index is 1.72. The first-order chi connectivity index (χ1) is 14.5. The Labute approximate surface area is 199 Å². The Hall–Kier alpha value is -1.38. The van der Waals surface area contributed by atoms with Gasteiger partial charge < -0.3 is 14.5 Å². The van der Waals surface area contributed by atoms with Crippen LogP contribution in [0, 0.1) is 5.82 Å². The maximum Gasteiger partial charge on any atom is 0.410 e. The van der Waals surface area contributed by atoms with E-state index in [9.17, 15) is 9.18 Å². The van der Waals surface area contributed by atoms with Gasteiger partial charge in [0, 0.05) is 25.0 Å². The van der Waals surface area contributed by atoms with E-state index >= 15 is 0 Å². The number of carbonyl (C=O) groups is 1. The van der Waals surface area contributed by atoms with Crippen LogP contribution in [0.25, 0.3) is 10.9 Å². The lowest BCUT2D eigenvalue weighted by Gasteiger charge is -2.46. The Morgan fingerprint density at radius 1 is 1.23 bits per heavy atom. The summed E-state index contributed by atoms with van der Waals surface area (Å²) >= 11 is 15.5. The second-order valence-corrected chi connectivity index (χ2v) is 10.7. The fraction of sp³-hybridized carbons (Fsp3) is 0.571. The topological polar surface area (TPSA) is 58.6 Å².